The fourth-order valence-electron chi connectivity index (χ4n) is 0.341. The van der Waals surface area contributed by atoms with Gasteiger partial charge < -0.3 is 4.43 Å². The molecule has 0 spiro atoms. The fourth-order valence-corrected chi connectivity index (χ4v) is 1.02. The summed E-state index contributed by atoms with van der Waals surface area (Å²) >= 11 is 0. The molecule has 6 heteroatoms. The molecule has 0 amide bonds. The summed E-state index contributed by atoms with van der Waals surface area (Å²) in [6.45, 7) is 3.25. The fraction of sp³-hybridized carbons (Fsp3) is 0.600. The molecule has 0 aromatic rings. The van der Waals surface area contributed by atoms with Gasteiger partial charge in [-0.05, 0) is 6.04 Å². The van der Waals surface area contributed by atoms with E-state index in [4.69, 9.17) is 0 Å². The molecule has 0 aromatic heterocycles. The Labute approximate surface area is 64.0 Å². The van der Waals surface area contributed by atoms with Crippen LogP contribution in [0.15, 0.2) is 12.7 Å². The van der Waals surface area contributed by atoms with Gasteiger partial charge in [-0.3, -0.25) is 0 Å². The molecule has 11 heavy (non-hydrogen) atoms. The average Bonchev–Trinajstić information content (AvgIpc) is 1.88. The van der Waals surface area contributed by atoms with Gasteiger partial charge in [-0.15, -0.1) is 6.58 Å². The Morgan fingerprint density at radius 1 is 1.55 bits per heavy atom. The standard InChI is InChI=1S/C5H8F4OSi/c1-2-3-11-10-5(8,9)4(6)7/h2,4H,1,3,11H2. The molecule has 0 saturated heterocycles. The molecule has 0 rings (SSSR count). The molecule has 0 N–H and O–H groups in total. The van der Waals surface area contributed by atoms with Crippen molar-refractivity contribution in [1.29, 1.82) is 0 Å². The van der Waals surface area contributed by atoms with Gasteiger partial charge in [0.25, 0.3) is 0 Å². The lowest BCUT2D eigenvalue weighted by molar-refractivity contribution is -0.254. The van der Waals surface area contributed by atoms with Crippen molar-refractivity contribution in [3.05, 3.63) is 12.7 Å². The SMILES string of the molecule is C=CC[SiH2]OC(F)(F)C(F)F. The van der Waals surface area contributed by atoms with Gasteiger partial charge in [0, 0.05) is 0 Å². The summed E-state index contributed by atoms with van der Waals surface area (Å²) in [7, 11) is -1.58. The molecule has 0 heterocycles. The molecule has 0 radical (unpaired) electrons. The number of alkyl halides is 4. The molecule has 0 bridgehead atoms. The van der Waals surface area contributed by atoms with Crippen molar-refractivity contribution in [2.45, 2.75) is 18.6 Å². The second kappa shape index (κ2) is 4.50. The Kier molecular flexibility index (Phi) is 4.35. The summed E-state index contributed by atoms with van der Waals surface area (Å²) < 4.78 is 50.2. The highest BCUT2D eigenvalue weighted by Gasteiger charge is 2.41. The number of hydrogen-bond acceptors (Lipinski definition) is 1. The van der Waals surface area contributed by atoms with Crippen LogP contribution >= 0.6 is 0 Å². The van der Waals surface area contributed by atoms with Gasteiger partial charge in [0.1, 0.15) is 0 Å². The third-order valence-electron chi connectivity index (χ3n) is 0.871. The maximum Gasteiger partial charge on any atom is 0.407 e. The van der Waals surface area contributed by atoms with Crippen molar-refractivity contribution in [2.24, 2.45) is 0 Å². The molecular weight excluding hydrogens is 180 g/mol. The molecule has 0 aliphatic carbocycles. The highest BCUT2D eigenvalue weighted by molar-refractivity contribution is 6.27. The van der Waals surface area contributed by atoms with Crippen LogP contribution in [0.25, 0.3) is 0 Å². The Bertz CT molecular complexity index is 128. The van der Waals surface area contributed by atoms with E-state index in [0.29, 0.717) is 0 Å². The number of rotatable bonds is 5. The van der Waals surface area contributed by atoms with Crippen LogP contribution in [-0.4, -0.2) is 22.3 Å². The third-order valence-corrected chi connectivity index (χ3v) is 2.10. The highest BCUT2D eigenvalue weighted by atomic mass is 28.2. The molecule has 0 atom stereocenters. The summed E-state index contributed by atoms with van der Waals surface area (Å²) in [5.74, 6) is 0. The zero-order valence-corrected chi connectivity index (χ0v) is 7.11. The topological polar surface area (TPSA) is 9.23 Å². The zero-order valence-electron chi connectivity index (χ0n) is 5.70. The third kappa shape index (κ3) is 4.15. The van der Waals surface area contributed by atoms with Crippen molar-refractivity contribution in [3.63, 3.8) is 0 Å². The van der Waals surface area contributed by atoms with Crippen molar-refractivity contribution >= 4 is 9.76 Å². The van der Waals surface area contributed by atoms with Crippen LogP contribution in [0.5, 0.6) is 0 Å². The van der Waals surface area contributed by atoms with E-state index in [2.05, 4.69) is 11.0 Å². The normalized spacial score (nSPS) is 13.2. The summed E-state index contributed by atoms with van der Waals surface area (Å²) in [6, 6.07) is 0.266. The van der Waals surface area contributed by atoms with Crippen molar-refractivity contribution < 1.29 is 22.0 Å². The predicted molar refractivity (Wildman–Crippen MR) is 35.6 cm³/mol. The maximum absolute atomic E-state index is 11.9. The molecule has 0 saturated carbocycles. The van der Waals surface area contributed by atoms with Gasteiger partial charge in [-0.25, -0.2) is 8.78 Å². The first kappa shape index (κ1) is 10.6. The molecule has 0 aliphatic rings. The van der Waals surface area contributed by atoms with E-state index >= 15 is 0 Å². The van der Waals surface area contributed by atoms with Crippen LogP contribution in [0.3, 0.4) is 0 Å². The van der Waals surface area contributed by atoms with E-state index in [-0.39, 0.29) is 6.04 Å². The van der Waals surface area contributed by atoms with Crippen molar-refractivity contribution in [3.8, 4) is 0 Å². The Hall–Kier alpha value is -0.363. The minimum atomic E-state index is -4.27. The average molecular weight is 188 g/mol. The Morgan fingerprint density at radius 3 is 2.45 bits per heavy atom. The number of allylic oxidation sites excluding steroid dienone is 1. The van der Waals surface area contributed by atoms with E-state index in [1.54, 1.807) is 0 Å². The summed E-state index contributed by atoms with van der Waals surface area (Å²) in [6.07, 6.45) is -6.64. The van der Waals surface area contributed by atoms with E-state index in [1.165, 1.54) is 6.08 Å². The van der Waals surface area contributed by atoms with Crippen LogP contribution in [0, 0.1) is 0 Å². The molecular formula is C5H8F4OSi. The van der Waals surface area contributed by atoms with Crippen molar-refractivity contribution in [1.82, 2.24) is 0 Å². The van der Waals surface area contributed by atoms with Gasteiger partial charge in [0.15, 0.2) is 9.76 Å². The lowest BCUT2D eigenvalue weighted by Crippen LogP contribution is -2.31. The number of hydrogen-bond donors (Lipinski definition) is 0. The van der Waals surface area contributed by atoms with E-state index in [9.17, 15) is 17.6 Å². The summed E-state index contributed by atoms with van der Waals surface area (Å²) in [4.78, 5) is 0. The van der Waals surface area contributed by atoms with E-state index in [0.717, 1.165) is 0 Å². The van der Waals surface area contributed by atoms with Gasteiger partial charge in [0.2, 0.25) is 0 Å². The van der Waals surface area contributed by atoms with Gasteiger partial charge >= 0.3 is 12.5 Å². The summed E-state index contributed by atoms with van der Waals surface area (Å²) in [5, 5.41) is 0. The minimum absolute atomic E-state index is 0.266. The van der Waals surface area contributed by atoms with Crippen molar-refractivity contribution in [2.75, 3.05) is 0 Å². The molecule has 66 valence electrons. The first-order chi connectivity index (χ1) is 5.00. The number of halogens is 4. The largest absolute Gasteiger partial charge is 0.407 e. The minimum Gasteiger partial charge on any atom is -0.365 e. The molecule has 0 aliphatic heterocycles. The monoisotopic (exact) mass is 188 g/mol. The second-order valence-corrected chi connectivity index (χ2v) is 3.06. The smallest absolute Gasteiger partial charge is 0.365 e. The van der Waals surface area contributed by atoms with Gasteiger partial charge in [-0.1, -0.05) is 6.08 Å². The van der Waals surface area contributed by atoms with Crippen LogP contribution in [0.4, 0.5) is 17.6 Å². The molecule has 0 fully saturated rings. The van der Waals surface area contributed by atoms with Crippen LogP contribution in [-0.2, 0) is 4.43 Å². The summed E-state index contributed by atoms with van der Waals surface area (Å²) in [5.41, 5.74) is 0. The lowest BCUT2D eigenvalue weighted by Gasteiger charge is -2.14. The zero-order chi connectivity index (χ0) is 8.91. The highest BCUT2D eigenvalue weighted by Crippen LogP contribution is 2.23. The van der Waals surface area contributed by atoms with E-state index < -0.39 is 22.3 Å². The Balaban J connectivity index is 3.63. The van der Waals surface area contributed by atoms with Gasteiger partial charge in [-0.2, -0.15) is 8.78 Å². The van der Waals surface area contributed by atoms with Crippen LogP contribution < -0.4 is 0 Å². The first-order valence-corrected chi connectivity index (χ1v) is 4.49. The lowest BCUT2D eigenvalue weighted by atomic mass is 10.7. The van der Waals surface area contributed by atoms with Gasteiger partial charge in [0.05, 0.1) is 0 Å². The van der Waals surface area contributed by atoms with E-state index in [1.807, 2.05) is 0 Å². The van der Waals surface area contributed by atoms with Crippen LogP contribution in [0.2, 0.25) is 6.04 Å². The first-order valence-electron chi connectivity index (χ1n) is 2.91. The molecule has 1 nitrogen and oxygen atoms in total. The maximum atomic E-state index is 11.9. The quantitative estimate of drug-likeness (QED) is 0.275. The molecule has 0 unspecified atom stereocenters. The predicted octanol–water partition coefficient (Wildman–Crippen LogP) is 1.55. The van der Waals surface area contributed by atoms with Crippen LogP contribution in [0.1, 0.15) is 0 Å². The molecule has 0 aromatic carbocycles. The Morgan fingerprint density at radius 2 is 2.09 bits per heavy atom. The second-order valence-electron chi connectivity index (χ2n) is 1.79.